The smallest absolute Gasteiger partial charge is 0.263 e. The van der Waals surface area contributed by atoms with Crippen LogP contribution in [0.25, 0.3) is 10.9 Å². The van der Waals surface area contributed by atoms with Crippen LogP contribution < -0.4 is 10.1 Å². The van der Waals surface area contributed by atoms with E-state index in [0.29, 0.717) is 17.0 Å². The average Bonchev–Trinajstić information content (AvgIpc) is 2.95. The largest absolute Gasteiger partial charge is 0.508 e. The Morgan fingerprint density at radius 2 is 1.92 bits per heavy atom. The first-order valence-electron chi connectivity index (χ1n) is 8.03. The number of H-pyrrole nitrogens is 1. The summed E-state index contributed by atoms with van der Waals surface area (Å²) < 4.78 is 5.52. The number of aromatic amines is 1. The maximum Gasteiger partial charge on any atom is 0.263 e. The lowest BCUT2D eigenvalue weighted by Crippen LogP contribution is -2.20. The van der Waals surface area contributed by atoms with Crippen molar-refractivity contribution >= 4 is 22.6 Å². The van der Waals surface area contributed by atoms with Crippen LogP contribution in [0.4, 0.5) is 5.82 Å². The predicted octanol–water partition coefficient (Wildman–Crippen LogP) is 3.58. The van der Waals surface area contributed by atoms with Crippen LogP contribution in [0.1, 0.15) is 26.3 Å². The van der Waals surface area contributed by atoms with Gasteiger partial charge in [-0.15, -0.1) is 0 Å². The zero-order valence-corrected chi connectivity index (χ0v) is 14.5. The van der Waals surface area contributed by atoms with Crippen molar-refractivity contribution in [1.82, 2.24) is 10.2 Å². The minimum absolute atomic E-state index is 0.0719. The van der Waals surface area contributed by atoms with Crippen LogP contribution >= 0.6 is 0 Å². The van der Waals surface area contributed by atoms with Gasteiger partial charge in [0, 0.05) is 5.39 Å². The number of hydrogen-bond donors (Lipinski definition) is 3. The maximum atomic E-state index is 12.1. The Balaban J connectivity index is 1.62. The molecule has 1 aromatic heterocycles. The number of amides is 1. The van der Waals surface area contributed by atoms with Gasteiger partial charge in [-0.25, -0.2) is 0 Å². The fourth-order valence-corrected chi connectivity index (χ4v) is 2.47. The normalized spacial score (nSPS) is 11.5. The van der Waals surface area contributed by atoms with Gasteiger partial charge in [0.05, 0.1) is 5.52 Å². The molecule has 0 radical (unpaired) electrons. The molecule has 3 rings (SSSR count). The van der Waals surface area contributed by atoms with Crippen LogP contribution in [0.3, 0.4) is 0 Å². The van der Waals surface area contributed by atoms with Crippen LogP contribution in [0.2, 0.25) is 0 Å². The Kier molecular flexibility index (Phi) is 4.35. The molecule has 0 unspecified atom stereocenters. The minimum atomic E-state index is -0.323. The van der Waals surface area contributed by atoms with Crippen molar-refractivity contribution in [3.8, 4) is 11.5 Å². The summed E-state index contributed by atoms with van der Waals surface area (Å²) in [6.45, 7) is 6.30. The number of rotatable bonds is 4. The molecule has 0 saturated heterocycles. The molecule has 0 bridgehead atoms. The standard InChI is InChI=1S/C19H21N3O3/c1-19(2,3)12-4-7-14(8-5-12)25-11-17(24)20-18-15-10-13(23)6-9-16(15)21-22-18/h4-10,23H,11H2,1-3H3,(H2,20,21,22,24). The molecule has 0 fully saturated rings. The molecule has 0 spiro atoms. The summed E-state index contributed by atoms with van der Waals surface area (Å²) in [5.41, 5.74) is 2.00. The fraction of sp³-hybridized carbons (Fsp3) is 0.263. The van der Waals surface area contributed by atoms with Crippen molar-refractivity contribution < 1.29 is 14.6 Å². The third-order valence-electron chi connectivity index (χ3n) is 3.89. The average molecular weight is 339 g/mol. The van der Waals surface area contributed by atoms with Gasteiger partial charge >= 0.3 is 0 Å². The van der Waals surface area contributed by atoms with Crippen LogP contribution in [-0.2, 0) is 10.2 Å². The summed E-state index contributed by atoms with van der Waals surface area (Å²) >= 11 is 0. The zero-order chi connectivity index (χ0) is 18.0. The Labute approximate surface area is 145 Å². The number of aromatic nitrogens is 2. The summed E-state index contributed by atoms with van der Waals surface area (Å²) in [6, 6.07) is 12.5. The van der Waals surface area contributed by atoms with Gasteiger partial charge in [-0.1, -0.05) is 32.9 Å². The summed E-state index contributed by atoms with van der Waals surface area (Å²) in [7, 11) is 0. The number of carbonyl (C=O) groups excluding carboxylic acids is 1. The van der Waals surface area contributed by atoms with Gasteiger partial charge in [-0.2, -0.15) is 5.10 Å². The van der Waals surface area contributed by atoms with Crippen molar-refractivity contribution in [2.45, 2.75) is 26.2 Å². The number of fused-ring (bicyclic) bond motifs is 1. The number of phenolic OH excluding ortho intramolecular Hbond substituents is 1. The molecule has 0 aliphatic heterocycles. The van der Waals surface area contributed by atoms with Crippen molar-refractivity contribution in [2.75, 3.05) is 11.9 Å². The molecule has 0 atom stereocenters. The fourth-order valence-electron chi connectivity index (χ4n) is 2.47. The molecule has 130 valence electrons. The number of anilines is 1. The Morgan fingerprint density at radius 1 is 1.20 bits per heavy atom. The molecule has 25 heavy (non-hydrogen) atoms. The molecule has 2 aromatic carbocycles. The molecule has 1 heterocycles. The first kappa shape index (κ1) is 16.8. The highest BCUT2D eigenvalue weighted by molar-refractivity contribution is 6.00. The van der Waals surface area contributed by atoms with Gasteiger partial charge in [0.15, 0.2) is 12.4 Å². The molecular formula is C19H21N3O3. The maximum absolute atomic E-state index is 12.1. The number of phenols is 1. The monoisotopic (exact) mass is 339 g/mol. The van der Waals surface area contributed by atoms with Crippen LogP contribution in [0.5, 0.6) is 11.5 Å². The molecular weight excluding hydrogens is 318 g/mol. The van der Waals surface area contributed by atoms with E-state index in [4.69, 9.17) is 4.74 Å². The van der Waals surface area contributed by atoms with E-state index in [1.807, 2.05) is 24.3 Å². The van der Waals surface area contributed by atoms with Crippen molar-refractivity contribution in [1.29, 1.82) is 0 Å². The molecule has 3 N–H and O–H groups in total. The summed E-state index contributed by atoms with van der Waals surface area (Å²) in [5, 5.41) is 19.7. The summed E-state index contributed by atoms with van der Waals surface area (Å²) in [4.78, 5) is 12.1. The highest BCUT2D eigenvalue weighted by Gasteiger charge is 2.14. The van der Waals surface area contributed by atoms with Gasteiger partial charge in [-0.3, -0.25) is 9.89 Å². The van der Waals surface area contributed by atoms with E-state index in [0.717, 1.165) is 5.52 Å². The Morgan fingerprint density at radius 3 is 2.60 bits per heavy atom. The third-order valence-corrected chi connectivity index (χ3v) is 3.89. The SMILES string of the molecule is CC(C)(C)c1ccc(OCC(=O)Nc2n[nH]c3ccc(O)cc23)cc1. The molecule has 1 amide bonds. The Hall–Kier alpha value is -3.02. The number of nitrogens with one attached hydrogen (secondary N) is 2. The van der Waals surface area contributed by atoms with E-state index in [2.05, 4.69) is 36.3 Å². The van der Waals surface area contributed by atoms with Crippen molar-refractivity contribution in [2.24, 2.45) is 0 Å². The van der Waals surface area contributed by atoms with E-state index in [9.17, 15) is 9.90 Å². The van der Waals surface area contributed by atoms with Crippen LogP contribution in [0.15, 0.2) is 42.5 Å². The first-order chi connectivity index (χ1) is 11.8. The lowest BCUT2D eigenvalue weighted by Gasteiger charge is -2.19. The molecule has 6 nitrogen and oxygen atoms in total. The van der Waals surface area contributed by atoms with E-state index in [-0.39, 0.29) is 23.7 Å². The Bertz CT molecular complexity index is 892. The van der Waals surface area contributed by atoms with Crippen LogP contribution in [-0.4, -0.2) is 27.8 Å². The topological polar surface area (TPSA) is 87.2 Å². The molecule has 6 heteroatoms. The number of nitrogens with zero attached hydrogens (tertiary/aromatic N) is 1. The summed E-state index contributed by atoms with van der Waals surface area (Å²) in [6.07, 6.45) is 0. The number of hydrogen-bond acceptors (Lipinski definition) is 4. The van der Waals surface area contributed by atoms with Gasteiger partial charge in [0.25, 0.3) is 5.91 Å². The predicted molar refractivity (Wildman–Crippen MR) is 97.0 cm³/mol. The first-order valence-corrected chi connectivity index (χ1v) is 8.03. The second-order valence-electron chi connectivity index (χ2n) is 6.91. The summed E-state index contributed by atoms with van der Waals surface area (Å²) in [5.74, 6) is 0.784. The highest BCUT2D eigenvalue weighted by atomic mass is 16.5. The molecule has 0 aliphatic rings. The number of ether oxygens (including phenoxy) is 1. The number of carbonyl (C=O) groups is 1. The van der Waals surface area contributed by atoms with E-state index < -0.39 is 0 Å². The number of benzene rings is 2. The van der Waals surface area contributed by atoms with Crippen LogP contribution in [0, 0.1) is 0 Å². The van der Waals surface area contributed by atoms with E-state index in [1.165, 1.54) is 5.56 Å². The lowest BCUT2D eigenvalue weighted by atomic mass is 9.87. The van der Waals surface area contributed by atoms with Gasteiger partial charge in [-0.05, 0) is 41.3 Å². The number of aromatic hydroxyl groups is 1. The van der Waals surface area contributed by atoms with Crippen molar-refractivity contribution in [3.63, 3.8) is 0 Å². The molecule has 3 aromatic rings. The van der Waals surface area contributed by atoms with E-state index in [1.54, 1.807) is 18.2 Å². The van der Waals surface area contributed by atoms with Gasteiger partial charge < -0.3 is 15.2 Å². The zero-order valence-electron chi connectivity index (χ0n) is 14.5. The van der Waals surface area contributed by atoms with Gasteiger partial charge in [0.2, 0.25) is 0 Å². The second kappa shape index (κ2) is 6.47. The van der Waals surface area contributed by atoms with E-state index >= 15 is 0 Å². The van der Waals surface area contributed by atoms with Crippen molar-refractivity contribution in [3.05, 3.63) is 48.0 Å². The third kappa shape index (κ3) is 3.91. The quantitative estimate of drug-likeness (QED) is 0.678. The minimum Gasteiger partial charge on any atom is -0.508 e. The lowest BCUT2D eigenvalue weighted by molar-refractivity contribution is -0.118. The second-order valence-corrected chi connectivity index (χ2v) is 6.91. The molecule has 0 saturated carbocycles. The highest BCUT2D eigenvalue weighted by Crippen LogP contribution is 2.25. The molecule has 0 aliphatic carbocycles. The van der Waals surface area contributed by atoms with Gasteiger partial charge in [0.1, 0.15) is 11.5 Å².